The van der Waals surface area contributed by atoms with E-state index in [9.17, 15) is 14.4 Å². The lowest BCUT2D eigenvalue weighted by atomic mass is 10.1. The predicted molar refractivity (Wildman–Crippen MR) is 105 cm³/mol. The number of hydrogen-bond acceptors (Lipinski definition) is 6. The number of nitrogens with zero attached hydrogens (tertiary/aromatic N) is 4. The molecule has 0 saturated carbocycles. The number of thiazole rings is 1. The fourth-order valence-corrected chi connectivity index (χ4v) is 4.11. The van der Waals surface area contributed by atoms with E-state index in [1.54, 1.807) is 53.0 Å². The molecule has 4 aromatic rings. The van der Waals surface area contributed by atoms with Crippen LogP contribution < -0.4 is 10.5 Å². The molecule has 1 aliphatic rings. The monoisotopic (exact) mass is 388 g/mol. The number of hydrogen-bond donors (Lipinski definition) is 0. The van der Waals surface area contributed by atoms with Gasteiger partial charge >= 0.3 is 5.56 Å². The third-order valence-electron chi connectivity index (χ3n) is 4.64. The number of anilines is 1. The minimum Gasteiger partial charge on any atom is -0.268 e. The Hall–Kier alpha value is -3.65. The van der Waals surface area contributed by atoms with E-state index < -0.39 is 17.4 Å². The molecule has 0 fully saturated rings. The standard InChI is InChI=1S/C20H12N4O3S/c1-11-10-28-20-21-17(25)16(22-24(11)20)14-8-4-5-9-15(14)23-18(26)12-6-2-3-7-13(12)19(23)27/h2-10H,1H3. The molecule has 2 aromatic heterocycles. The summed E-state index contributed by atoms with van der Waals surface area (Å²) in [6.07, 6.45) is 0. The van der Waals surface area contributed by atoms with Crippen LogP contribution in [0.15, 0.2) is 58.7 Å². The SMILES string of the molecule is Cc1csc2nc(=O)c(-c3ccccc3N3C(=O)c4ccccc4C3=O)nn12. The Morgan fingerprint density at radius 3 is 2.14 bits per heavy atom. The van der Waals surface area contributed by atoms with Gasteiger partial charge in [-0.05, 0) is 25.1 Å². The van der Waals surface area contributed by atoms with E-state index in [0.717, 1.165) is 10.6 Å². The molecular weight excluding hydrogens is 376 g/mol. The summed E-state index contributed by atoms with van der Waals surface area (Å²) in [7, 11) is 0. The van der Waals surface area contributed by atoms with Gasteiger partial charge in [0, 0.05) is 10.9 Å². The maximum absolute atomic E-state index is 12.9. The fraction of sp³-hybridized carbons (Fsp3) is 0.0500. The van der Waals surface area contributed by atoms with Crippen molar-refractivity contribution in [2.45, 2.75) is 6.92 Å². The van der Waals surface area contributed by atoms with Crippen molar-refractivity contribution in [3.8, 4) is 11.3 Å². The van der Waals surface area contributed by atoms with Gasteiger partial charge in [-0.2, -0.15) is 10.1 Å². The molecule has 136 valence electrons. The zero-order valence-electron chi connectivity index (χ0n) is 14.6. The molecule has 1 aliphatic heterocycles. The van der Waals surface area contributed by atoms with E-state index in [1.165, 1.54) is 11.3 Å². The smallest absolute Gasteiger partial charge is 0.268 e. The number of fused-ring (bicyclic) bond motifs is 2. The van der Waals surface area contributed by atoms with E-state index in [2.05, 4.69) is 10.1 Å². The Morgan fingerprint density at radius 1 is 0.857 bits per heavy atom. The first-order chi connectivity index (χ1) is 13.6. The molecule has 0 atom stereocenters. The zero-order valence-corrected chi connectivity index (χ0v) is 15.4. The highest BCUT2D eigenvalue weighted by Crippen LogP contribution is 2.34. The molecule has 0 spiro atoms. The normalized spacial score (nSPS) is 13.4. The maximum atomic E-state index is 12.9. The Balaban J connectivity index is 1.73. The van der Waals surface area contributed by atoms with E-state index in [-0.39, 0.29) is 5.69 Å². The molecule has 0 aliphatic carbocycles. The number of aromatic nitrogens is 3. The predicted octanol–water partition coefficient (Wildman–Crippen LogP) is 2.93. The Labute approximate surface area is 162 Å². The number of amides is 2. The third kappa shape index (κ3) is 2.25. The van der Waals surface area contributed by atoms with E-state index in [1.807, 2.05) is 12.3 Å². The quantitative estimate of drug-likeness (QED) is 0.493. The van der Waals surface area contributed by atoms with Crippen LogP contribution in [0.3, 0.4) is 0 Å². The largest absolute Gasteiger partial charge is 0.300 e. The van der Waals surface area contributed by atoms with Gasteiger partial charge in [-0.15, -0.1) is 11.3 Å². The Kier molecular flexibility index (Phi) is 3.50. The average Bonchev–Trinajstić information content (AvgIpc) is 3.19. The second-order valence-electron chi connectivity index (χ2n) is 6.35. The van der Waals surface area contributed by atoms with Crippen LogP contribution in [0.4, 0.5) is 5.69 Å². The topological polar surface area (TPSA) is 84.6 Å². The first kappa shape index (κ1) is 16.5. The molecule has 0 N–H and O–H groups in total. The van der Waals surface area contributed by atoms with Crippen molar-refractivity contribution in [1.82, 2.24) is 14.6 Å². The van der Waals surface area contributed by atoms with Gasteiger partial charge < -0.3 is 0 Å². The van der Waals surface area contributed by atoms with Crippen molar-refractivity contribution in [3.63, 3.8) is 0 Å². The van der Waals surface area contributed by atoms with Crippen molar-refractivity contribution in [1.29, 1.82) is 0 Å². The minimum absolute atomic E-state index is 0.0890. The highest BCUT2D eigenvalue weighted by atomic mass is 32.1. The second-order valence-corrected chi connectivity index (χ2v) is 7.18. The van der Waals surface area contributed by atoms with Crippen LogP contribution >= 0.6 is 11.3 Å². The van der Waals surface area contributed by atoms with Crippen LogP contribution in [-0.4, -0.2) is 26.4 Å². The molecule has 8 heteroatoms. The fourth-order valence-electron chi connectivity index (χ4n) is 3.31. The number of carbonyl (C=O) groups is 2. The van der Waals surface area contributed by atoms with Crippen LogP contribution in [0.25, 0.3) is 16.2 Å². The van der Waals surface area contributed by atoms with Crippen LogP contribution in [0.2, 0.25) is 0 Å². The third-order valence-corrected chi connectivity index (χ3v) is 5.58. The summed E-state index contributed by atoms with van der Waals surface area (Å²) < 4.78 is 1.58. The summed E-state index contributed by atoms with van der Waals surface area (Å²) in [5, 5.41) is 6.29. The van der Waals surface area contributed by atoms with Crippen LogP contribution in [0.1, 0.15) is 26.4 Å². The van der Waals surface area contributed by atoms with Gasteiger partial charge in [0.05, 0.1) is 22.5 Å². The summed E-state index contributed by atoms with van der Waals surface area (Å²) in [5.74, 6) is -0.845. The molecular formula is C20H12N4O3S. The highest BCUT2D eigenvalue weighted by Gasteiger charge is 2.37. The number of rotatable bonds is 2. The van der Waals surface area contributed by atoms with Crippen molar-refractivity contribution in [3.05, 3.63) is 81.1 Å². The Bertz CT molecular complexity index is 1320. The number of imide groups is 1. The minimum atomic E-state index is -0.508. The molecule has 0 bridgehead atoms. The Morgan fingerprint density at radius 2 is 1.46 bits per heavy atom. The summed E-state index contributed by atoms with van der Waals surface area (Å²) in [6.45, 7) is 1.86. The lowest BCUT2D eigenvalue weighted by Crippen LogP contribution is -2.30. The second kappa shape index (κ2) is 5.93. The molecule has 7 nitrogen and oxygen atoms in total. The zero-order chi connectivity index (χ0) is 19.4. The molecule has 0 radical (unpaired) electrons. The van der Waals surface area contributed by atoms with Crippen LogP contribution in [0.5, 0.6) is 0 Å². The molecule has 0 saturated heterocycles. The van der Waals surface area contributed by atoms with Crippen molar-refractivity contribution in [2.75, 3.05) is 4.90 Å². The van der Waals surface area contributed by atoms with Gasteiger partial charge in [-0.25, -0.2) is 9.42 Å². The molecule has 2 amide bonds. The first-order valence-electron chi connectivity index (χ1n) is 8.48. The van der Waals surface area contributed by atoms with Gasteiger partial charge in [0.15, 0.2) is 5.69 Å². The molecule has 2 aromatic carbocycles. The number of para-hydroxylation sites is 1. The summed E-state index contributed by atoms with van der Waals surface area (Å²) in [6, 6.07) is 13.4. The number of carbonyl (C=O) groups excluding carboxylic acids is 2. The maximum Gasteiger partial charge on any atom is 0.300 e. The molecule has 3 heterocycles. The van der Waals surface area contributed by atoms with Crippen molar-refractivity contribution in [2.24, 2.45) is 0 Å². The van der Waals surface area contributed by atoms with Crippen LogP contribution in [0, 0.1) is 6.92 Å². The lowest BCUT2D eigenvalue weighted by molar-refractivity contribution is 0.0926. The van der Waals surface area contributed by atoms with Crippen molar-refractivity contribution < 1.29 is 9.59 Å². The van der Waals surface area contributed by atoms with Gasteiger partial charge in [0.25, 0.3) is 11.8 Å². The summed E-state index contributed by atoms with van der Waals surface area (Å²) in [5.41, 5.74) is 1.80. The molecule has 0 unspecified atom stereocenters. The molecule has 28 heavy (non-hydrogen) atoms. The first-order valence-corrected chi connectivity index (χ1v) is 9.36. The van der Waals surface area contributed by atoms with Gasteiger partial charge in [-0.3, -0.25) is 14.4 Å². The summed E-state index contributed by atoms with van der Waals surface area (Å²) in [4.78, 5) is 44.1. The van der Waals surface area contributed by atoms with E-state index >= 15 is 0 Å². The number of aryl methyl sites for hydroxylation is 1. The van der Waals surface area contributed by atoms with E-state index in [0.29, 0.717) is 27.3 Å². The highest BCUT2D eigenvalue weighted by molar-refractivity contribution is 7.15. The van der Waals surface area contributed by atoms with Gasteiger partial charge in [-0.1, -0.05) is 30.3 Å². The van der Waals surface area contributed by atoms with E-state index in [4.69, 9.17) is 0 Å². The van der Waals surface area contributed by atoms with Gasteiger partial charge in [0.1, 0.15) is 0 Å². The average molecular weight is 388 g/mol. The molecule has 5 rings (SSSR count). The summed E-state index contributed by atoms with van der Waals surface area (Å²) >= 11 is 1.32. The van der Waals surface area contributed by atoms with Crippen molar-refractivity contribution >= 4 is 33.8 Å². The number of benzene rings is 2. The van der Waals surface area contributed by atoms with Gasteiger partial charge in [0.2, 0.25) is 4.96 Å². The van der Waals surface area contributed by atoms with Crippen LogP contribution in [-0.2, 0) is 0 Å². The lowest BCUT2D eigenvalue weighted by Gasteiger charge is -2.17.